The Kier molecular flexibility index (Phi) is 6.01. The molecule has 2 heterocycles. The summed E-state index contributed by atoms with van der Waals surface area (Å²) in [7, 11) is 0. The summed E-state index contributed by atoms with van der Waals surface area (Å²) in [5.74, 6) is 0.479. The smallest absolute Gasteiger partial charge is 0.262 e. The molecular weight excluding hydrogens is 346 g/mol. The molecule has 1 aliphatic rings. The predicted octanol–water partition coefficient (Wildman–Crippen LogP) is 3.86. The summed E-state index contributed by atoms with van der Waals surface area (Å²) in [6.45, 7) is 6.94. The van der Waals surface area contributed by atoms with Crippen molar-refractivity contribution in [1.29, 1.82) is 0 Å². The van der Waals surface area contributed by atoms with E-state index in [-0.39, 0.29) is 17.5 Å². The normalized spacial score (nSPS) is 17.8. The van der Waals surface area contributed by atoms with Gasteiger partial charge >= 0.3 is 0 Å². The zero-order valence-electron chi connectivity index (χ0n) is 15.8. The van der Waals surface area contributed by atoms with E-state index in [1.54, 1.807) is 4.57 Å². The number of benzene rings is 1. The van der Waals surface area contributed by atoms with E-state index in [2.05, 4.69) is 11.9 Å². The first kappa shape index (κ1) is 19.0. The maximum atomic E-state index is 12.8. The van der Waals surface area contributed by atoms with Crippen LogP contribution in [0.25, 0.3) is 10.9 Å². The highest BCUT2D eigenvalue weighted by molar-refractivity contribution is 7.99. The van der Waals surface area contributed by atoms with E-state index >= 15 is 0 Å². The minimum absolute atomic E-state index is 0.00409. The van der Waals surface area contributed by atoms with Crippen LogP contribution >= 0.6 is 11.8 Å². The molecule has 0 aliphatic carbocycles. The van der Waals surface area contributed by atoms with Crippen LogP contribution < -0.4 is 5.56 Å². The van der Waals surface area contributed by atoms with E-state index in [0.29, 0.717) is 27.9 Å². The minimum Gasteiger partial charge on any atom is -0.339 e. The molecule has 0 bridgehead atoms. The lowest BCUT2D eigenvalue weighted by Gasteiger charge is -2.35. The second-order valence-electron chi connectivity index (χ2n) is 7.11. The highest BCUT2D eigenvalue weighted by Gasteiger charge is 2.25. The van der Waals surface area contributed by atoms with Crippen LogP contribution in [0.5, 0.6) is 0 Å². The van der Waals surface area contributed by atoms with Gasteiger partial charge in [0.1, 0.15) is 0 Å². The van der Waals surface area contributed by atoms with Gasteiger partial charge in [0.2, 0.25) is 5.91 Å². The second kappa shape index (κ2) is 8.25. The van der Waals surface area contributed by atoms with Crippen LogP contribution in [-0.2, 0) is 4.79 Å². The summed E-state index contributed by atoms with van der Waals surface area (Å²) in [5, 5.41) is 1.25. The van der Waals surface area contributed by atoms with Crippen molar-refractivity contribution in [3.05, 3.63) is 34.6 Å². The third kappa shape index (κ3) is 3.80. The van der Waals surface area contributed by atoms with Gasteiger partial charge in [0.15, 0.2) is 5.16 Å². The van der Waals surface area contributed by atoms with Crippen molar-refractivity contribution in [2.24, 2.45) is 0 Å². The van der Waals surface area contributed by atoms with Gasteiger partial charge in [-0.05, 0) is 51.7 Å². The largest absolute Gasteiger partial charge is 0.339 e. The van der Waals surface area contributed by atoms with Gasteiger partial charge in [-0.2, -0.15) is 0 Å². The third-order valence-electron chi connectivity index (χ3n) is 5.04. The molecule has 0 N–H and O–H groups in total. The fourth-order valence-corrected chi connectivity index (χ4v) is 4.66. The summed E-state index contributed by atoms with van der Waals surface area (Å²) in [6, 6.07) is 7.75. The van der Waals surface area contributed by atoms with E-state index in [0.717, 1.165) is 25.8 Å². The molecular formula is C20H27N3O2S. The second-order valence-corrected chi connectivity index (χ2v) is 8.06. The maximum absolute atomic E-state index is 12.8. The number of likely N-dealkylation sites (tertiary alicyclic amines) is 1. The zero-order chi connectivity index (χ0) is 18.7. The predicted molar refractivity (Wildman–Crippen MR) is 107 cm³/mol. The van der Waals surface area contributed by atoms with Crippen LogP contribution in [0.4, 0.5) is 0 Å². The van der Waals surface area contributed by atoms with Gasteiger partial charge in [0.05, 0.1) is 16.7 Å². The van der Waals surface area contributed by atoms with Crippen LogP contribution in [-0.4, -0.2) is 38.7 Å². The fraction of sp³-hybridized carbons (Fsp3) is 0.550. The molecule has 1 amide bonds. The summed E-state index contributed by atoms with van der Waals surface area (Å²) < 4.78 is 1.70. The average molecular weight is 374 g/mol. The summed E-state index contributed by atoms with van der Waals surface area (Å²) in [4.78, 5) is 32.3. The summed E-state index contributed by atoms with van der Waals surface area (Å²) in [5.41, 5.74) is 0.652. The number of aromatic nitrogens is 2. The molecule has 6 heteroatoms. The highest BCUT2D eigenvalue weighted by Crippen LogP contribution is 2.24. The Morgan fingerprint density at radius 2 is 2.08 bits per heavy atom. The molecule has 1 fully saturated rings. The molecule has 1 aromatic carbocycles. The molecule has 5 nitrogen and oxygen atoms in total. The van der Waals surface area contributed by atoms with Crippen molar-refractivity contribution in [2.75, 3.05) is 12.3 Å². The number of thioether (sulfide) groups is 1. The SMILES string of the molecule is CC[C@H]1CCCCN1C(=O)CSc1nc2ccccc2c(=O)n1C(C)C. The Labute approximate surface area is 158 Å². The lowest BCUT2D eigenvalue weighted by atomic mass is 10.0. The van der Waals surface area contributed by atoms with Crippen molar-refractivity contribution in [2.45, 2.75) is 63.7 Å². The van der Waals surface area contributed by atoms with Crippen molar-refractivity contribution in [3.63, 3.8) is 0 Å². The molecule has 1 saturated heterocycles. The molecule has 140 valence electrons. The van der Waals surface area contributed by atoms with E-state index in [9.17, 15) is 9.59 Å². The van der Waals surface area contributed by atoms with Gasteiger partial charge in [-0.1, -0.05) is 30.8 Å². The molecule has 26 heavy (non-hydrogen) atoms. The lowest BCUT2D eigenvalue weighted by Crippen LogP contribution is -2.44. The first-order valence-electron chi connectivity index (χ1n) is 9.46. The van der Waals surface area contributed by atoms with Crippen LogP contribution in [0.2, 0.25) is 0 Å². The summed E-state index contributed by atoms with van der Waals surface area (Å²) >= 11 is 1.38. The van der Waals surface area contributed by atoms with Gasteiger partial charge in [-0.3, -0.25) is 14.2 Å². The molecule has 0 spiro atoms. The Morgan fingerprint density at radius 1 is 1.31 bits per heavy atom. The van der Waals surface area contributed by atoms with Crippen LogP contribution in [0, 0.1) is 0 Å². The van der Waals surface area contributed by atoms with Crippen LogP contribution in [0.15, 0.2) is 34.2 Å². The van der Waals surface area contributed by atoms with Gasteiger partial charge in [0.25, 0.3) is 5.56 Å². The Hall–Kier alpha value is -1.82. The zero-order valence-corrected chi connectivity index (χ0v) is 16.6. The number of para-hydroxylation sites is 1. The third-order valence-corrected chi connectivity index (χ3v) is 5.97. The molecule has 0 unspecified atom stereocenters. The van der Waals surface area contributed by atoms with Crippen LogP contribution in [0.1, 0.15) is 52.5 Å². The average Bonchev–Trinajstić information content (AvgIpc) is 2.65. The molecule has 2 aromatic rings. The number of hydrogen-bond acceptors (Lipinski definition) is 4. The van der Waals surface area contributed by atoms with Gasteiger partial charge in [-0.15, -0.1) is 0 Å². The fourth-order valence-electron chi connectivity index (χ4n) is 3.65. The van der Waals surface area contributed by atoms with Gasteiger partial charge < -0.3 is 4.90 Å². The number of nitrogens with zero attached hydrogens (tertiary/aromatic N) is 3. The van der Waals surface area contributed by atoms with E-state index in [4.69, 9.17) is 0 Å². The van der Waals surface area contributed by atoms with Crippen LogP contribution in [0.3, 0.4) is 0 Å². The standard InChI is InChI=1S/C20H27N3O2S/c1-4-15-9-7-8-12-22(15)18(24)13-26-20-21-17-11-6-5-10-16(17)19(25)23(20)14(2)3/h5-6,10-11,14-15H,4,7-9,12-13H2,1-3H3/t15-/m0/s1. The van der Waals surface area contributed by atoms with Crippen molar-refractivity contribution in [1.82, 2.24) is 14.5 Å². The Morgan fingerprint density at radius 3 is 2.81 bits per heavy atom. The molecule has 1 atom stereocenters. The van der Waals surface area contributed by atoms with Crippen molar-refractivity contribution < 1.29 is 4.79 Å². The highest BCUT2D eigenvalue weighted by atomic mass is 32.2. The van der Waals surface area contributed by atoms with Crippen molar-refractivity contribution in [3.8, 4) is 0 Å². The monoisotopic (exact) mass is 373 g/mol. The number of carbonyl (C=O) groups excluding carboxylic acids is 1. The topological polar surface area (TPSA) is 55.2 Å². The minimum atomic E-state index is -0.0371. The number of rotatable bonds is 5. The Bertz CT molecular complexity index is 847. The van der Waals surface area contributed by atoms with Crippen molar-refractivity contribution >= 4 is 28.6 Å². The number of hydrogen-bond donors (Lipinski definition) is 0. The Balaban J connectivity index is 1.85. The number of piperidine rings is 1. The van der Waals surface area contributed by atoms with E-state index in [1.165, 1.54) is 18.2 Å². The summed E-state index contributed by atoms with van der Waals surface area (Å²) in [6.07, 6.45) is 4.38. The first-order valence-corrected chi connectivity index (χ1v) is 10.4. The lowest BCUT2D eigenvalue weighted by molar-refractivity contribution is -0.132. The molecule has 3 rings (SSSR count). The first-order chi connectivity index (χ1) is 12.5. The number of amides is 1. The maximum Gasteiger partial charge on any atom is 0.262 e. The molecule has 0 radical (unpaired) electrons. The quantitative estimate of drug-likeness (QED) is 0.590. The number of fused-ring (bicyclic) bond motifs is 1. The molecule has 1 aromatic heterocycles. The van der Waals surface area contributed by atoms with E-state index in [1.807, 2.05) is 43.0 Å². The van der Waals surface area contributed by atoms with Gasteiger partial charge in [0, 0.05) is 18.6 Å². The van der Waals surface area contributed by atoms with Gasteiger partial charge in [-0.25, -0.2) is 4.98 Å². The number of carbonyl (C=O) groups is 1. The molecule has 1 aliphatic heterocycles. The molecule has 0 saturated carbocycles. The van der Waals surface area contributed by atoms with E-state index < -0.39 is 0 Å².